The number of rotatable bonds is 28. The number of aliphatic carboxylic acids is 1. The van der Waals surface area contributed by atoms with Crippen LogP contribution in [0.3, 0.4) is 0 Å². The van der Waals surface area contributed by atoms with Crippen LogP contribution in [0, 0.1) is 0 Å². The van der Waals surface area contributed by atoms with Crippen molar-refractivity contribution in [1.29, 1.82) is 0 Å². The highest BCUT2D eigenvalue weighted by molar-refractivity contribution is 7.99. The van der Waals surface area contributed by atoms with E-state index in [2.05, 4.69) is 32.5 Å². The van der Waals surface area contributed by atoms with Crippen LogP contribution in [0.2, 0.25) is 0 Å². The van der Waals surface area contributed by atoms with Crippen LogP contribution in [0.1, 0.15) is 130 Å². The number of unbranched alkanes of at least 4 members (excludes halogenated alkanes) is 13. The molecule has 0 aliphatic carbocycles. The van der Waals surface area contributed by atoms with Gasteiger partial charge in [0.2, 0.25) is 5.34 Å². The number of hydrogen-bond donors (Lipinski definition) is 2. The molecule has 0 aromatic carbocycles. The average molecular weight is 553 g/mol. The van der Waals surface area contributed by atoms with Crippen LogP contribution in [0.25, 0.3) is 0 Å². The summed E-state index contributed by atoms with van der Waals surface area (Å²) >= 11 is 2.06. The van der Waals surface area contributed by atoms with Crippen LogP contribution in [0.5, 0.6) is 0 Å². The third-order valence-corrected chi connectivity index (χ3v) is 9.02. The van der Waals surface area contributed by atoms with E-state index in [1.54, 1.807) is 0 Å². The van der Waals surface area contributed by atoms with Gasteiger partial charge in [-0.25, -0.2) is 4.79 Å². The zero-order valence-corrected chi connectivity index (χ0v) is 25.5. The number of hydrogen-bond acceptors (Lipinski definition) is 6. The van der Waals surface area contributed by atoms with Crippen molar-refractivity contribution in [2.45, 2.75) is 147 Å². The fourth-order valence-corrected chi connectivity index (χ4v) is 5.78. The Morgan fingerprint density at radius 1 is 0.833 bits per heavy atom. The van der Waals surface area contributed by atoms with E-state index in [1.165, 1.54) is 108 Å². The van der Waals surface area contributed by atoms with Gasteiger partial charge < -0.3 is 24.3 Å². The Morgan fingerprint density at radius 2 is 1.36 bits per heavy atom. The Kier molecular flexibility index (Phi) is 25.2. The summed E-state index contributed by atoms with van der Waals surface area (Å²) in [5.74, 6) is -0.308. The second-order valence-corrected chi connectivity index (χ2v) is 12.7. The standard InChI is InChI=1S/C28H57O6PS/c1-4-6-8-10-12-13-14-16-18-23-36-26(20-17-15-11-9-7-5-2)25(3)34-22-19-21-33-24-28(31,35-32)27(29)30/h25-26,31H,4-24,35H2,1-3H3,(H,29,30). The first kappa shape index (κ1) is 35.9. The Bertz CT molecular complexity index is 524. The molecule has 4 unspecified atom stereocenters. The van der Waals surface area contributed by atoms with Crippen LogP contribution in [-0.2, 0) is 18.8 Å². The van der Waals surface area contributed by atoms with E-state index in [4.69, 9.17) is 14.6 Å². The molecule has 0 radical (unpaired) electrons. The van der Waals surface area contributed by atoms with Crippen LogP contribution in [0.4, 0.5) is 0 Å². The largest absolute Gasteiger partial charge is 0.479 e. The normalized spacial score (nSPS) is 15.3. The molecule has 0 rings (SSSR count). The summed E-state index contributed by atoms with van der Waals surface area (Å²) in [5.41, 5.74) is 0. The van der Waals surface area contributed by atoms with E-state index < -0.39 is 26.4 Å². The molecule has 0 fully saturated rings. The monoisotopic (exact) mass is 552 g/mol. The number of ether oxygens (including phenoxy) is 2. The van der Waals surface area contributed by atoms with E-state index in [-0.39, 0.29) is 12.7 Å². The number of carboxylic acid groups (broad SMARTS) is 1. The maximum atomic E-state index is 11.0. The Labute approximate surface area is 227 Å². The molecule has 0 saturated carbocycles. The van der Waals surface area contributed by atoms with Crippen molar-refractivity contribution in [1.82, 2.24) is 0 Å². The Hall–Kier alpha value is -0.0700. The lowest BCUT2D eigenvalue weighted by atomic mass is 10.1. The molecule has 0 aliphatic heterocycles. The summed E-state index contributed by atoms with van der Waals surface area (Å²) < 4.78 is 22.4. The lowest BCUT2D eigenvalue weighted by Crippen LogP contribution is -2.37. The van der Waals surface area contributed by atoms with E-state index >= 15 is 0 Å². The topological polar surface area (TPSA) is 93.1 Å². The molecule has 2 N–H and O–H groups in total. The minimum absolute atomic E-state index is 0.159. The molecule has 0 aromatic heterocycles. The van der Waals surface area contributed by atoms with Gasteiger partial charge >= 0.3 is 5.97 Å². The predicted octanol–water partition coefficient (Wildman–Crippen LogP) is 7.71. The highest BCUT2D eigenvalue weighted by Crippen LogP contribution is 2.26. The van der Waals surface area contributed by atoms with E-state index in [1.807, 2.05) is 0 Å². The van der Waals surface area contributed by atoms with E-state index in [9.17, 15) is 14.5 Å². The molecule has 216 valence electrons. The van der Waals surface area contributed by atoms with Gasteiger partial charge in [-0.05, 0) is 31.9 Å². The van der Waals surface area contributed by atoms with Gasteiger partial charge in [-0.2, -0.15) is 11.8 Å². The average Bonchev–Trinajstić information content (AvgIpc) is 2.87. The summed E-state index contributed by atoms with van der Waals surface area (Å²) in [6.07, 6.45) is 22.0. The minimum atomic E-state index is -2.26. The molecule has 0 aromatic rings. The molecule has 8 heteroatoms. The van der Waals surface area contributed by atoms with Crippen molar-refractivity contribution in [2.75, 3.05) is 25.6 Å². The van der Waals surface area contributed by atoms with Crippen molar-refractivity contribution in [3.63, 3.8) is 0 Å². The zero-order chi connectivity index (χ0) is 26.9. The van der Waals surface area contributed by atoms with Gasteiger partial charge in [0.05, 0.1) is 12.7 Å². The molecule has 6 nitrogen and oxygen atoms in total. The Morgan fingerprint density at radius 3 is 1.89 bits per heavy atom. The summed E-state index contributed by atoms with van der Waals surface area (Å²) in [5, 5.41) is 16.9. The molecule has 36 heavy (non-hydrogen) atoms. The molecule has 0 saturated heterocycles. The molecular weight excluding hydrogens is 495 g/mol. The first-order valence-electron chi connectivity index (χ1n) is 14.6. The van der Waals surface area contributed by atoms with Crippen LogP contribution < -0.4 is 0 Å². The summed E-state index contributed by atoms with van der Waals surface area (Å²) in [4.78, 5) is 11.0. The summed E-state index contributed by atoms with van der Waals surface area (Å²) in [7, 11) is -1.87. The predicted molar refractivity (Wildman–Crippen MR) is 155 cm³/mol. The minimum Gasteiger partial charge on any atom is -0.479 e. The highest BCUT2D eigenvalue weighted by Gasteiger charge is 2.35. The molecule has 0 spiro atoms. The van der Waals surface area contributed by atoms with Crippen LogP contribution >= 0.6 is 20.2 Å². The van der Waals surface area contributed by atoms with Gasteiger partial charge in [0, 0.05) is 18.5 Å². The van der Waals surface area contributed by atoms with Gasteiger partial charge in [-0.15, -0.1) is 0 Å². The molecule has 0 heterocycles. The van der Waals surface area contributed by atoms with Crippen molar-refractivity contribution >= 4 is 26.2 Å². The second-order valence-electron chi connectivity index (χ2n) is 10.1. The van der Waals surface area contributed by atoms with Gasteiger partial charge in [-0.1, -0.05) is 104 Å². The highest BCUT2D eigenvalue weighted by atomic mass is 32.2. The smallest absolute Gasteiger partial charge is 0.345 e. The maximum Gasteiger partial charge on any atom is 0.345 e. The molecule has 0 aliphatic rings. The fraction of sp³-hybridized carbons (Fsp3) is 0.964. The fourth-order valence-electron chi connectivity index (χ4n) is 4.14. The quantitative estimate of drug-likeness (QED) is 0.0758. The first-order valence-corrected chi connectivity index (χ1v) is 16.7. The lowest BCUT2D eigenvalue weighted by Gasteiger charge is -2.24. The molecule has 0 bridgehead atoms. The molecule has 0 amide bonds. The summed E-state index contributed by atoms with van der Waals surface area (Å²) in [6, 6.07) is 0. The van der Waals surface area contributed by atoms with Crippen LogP contribution in [-0.4, -0.2) is 58.5 Å². The van der Waals surface area contributed by atoms with Gasteiger partial charge in [-0.3, -0.25) is 0 Å². The van der Waals surface area contributed by atoms with Crippen molar-refractivity contribution in [3.05, 3.63) is 0 Å². The Balaban J connectivity index is 4.20. The SMILES string of the molecule is CCCCCCCCCCCSC(CCCCCCCC)C(C)OCCCOCC(O)([PH2]=O)C(=O)O. The first-order chi connectivity index (χ1) is 17.4. The van der Waals surface area contributed by atoms with E-state index in [0.717, 1.165) is 0 Å². The number of carboxylic acids is 1. The number of carbonyl (C=O) groups is 1. The van der Waals surface area contributed by atoms with Crippen molar-refractivity contribution in [2.24, 2.45) is 0 Å². The van der Waals surface area contributed by atoms with Gasteiger partial charge in [0.1, 0.15) is 8.46 Å². The third-order valence-electron chi connectivity index (χ3n) is 6.65. The third kappa shape index (κ3) is 20.0. The lowest BCUT2D eigenvalue weighted by molar-refractivity contribution is -0.154. The summed E-state index contributed by atoms with van der Waals surface area (Å²) in [6.45, 7) is 7.03. The van der Waals surface area contributed by atoms with Crippen LogP contribution in [0.15, 0.2) is 0 Å². The van der Waals surface area contributed by atoms with E-state index in [0.29, 0.717) is 18.3 Å². The van der Waals surface area contributed by atoms with Gasteiger partial charge in [0.15, 0.2) is 0 Å². The second kappa shape index (κ2) is 25.2. The zero-order valence-electron chi connectivity index (χ0n) is 23.5. The van der Waals surface area contributed by atoms with Gasteiger partial charge in [0.25, 0.3) is 0 Å². The number of aliphatic hydroxyl groups is 1. The number of thioether (sulfide) groups is 1. The maximum absolute atomic E-state index is 11.0. The van der Waals surface area contributed by atoms with Crippen molar-refractivity contribution in [3.8, 4) is 0 Å². The molecule has 4 atom stereocenters. The van der Waals surface area contributed by atoms with Crippen molar-refractivity contribution < 1.29 is 29.0 Å². The molecular formula is C28H57O6PS.